The van der Waals surface area contributed by atoms with E-state index in [1.165, 1.54) is 6.07 Å². The van der Waals surface area contributed by atoms with Crippen LogP contribution in [-0.4, -0.2) is 7.28 Å². The normalized spacial score (nSPS) is 10.0. The Bertz CT molecular complexity index is 529. The van der Waals surface area contributed by atoms with Crippen LogP contribution in [0.4, 0.5) is 4.39 Å². The summed E-state index contributed by atoms with van der Waals surface area (Å²) in [6.07, 6.45) is 1.81. The van der Waals surface area contributed by atoms with Gasteiger partial charge >= 0.3 is 0 Å². The molecule has 2 aromatic rings. The van der Waals surface area contributed by atoms with Gasteiger partial charge in [0.05, 0.1) is 0 Å². The maximum absolute atomic E-state index is 13.0. The zero-order valence-electron chi connectivity index (χ0n) is 9.78. The minimum atomic E-state index is -0.193. The molecule has 17 heavy (non-hydrogen) atoms. The van der Waals surface area contributed by atoms with E-state index in [0.717, 1.165) is 22.1 Å². The SMILES string of the molecule is C=Cc1ccc([B]c2ccc(F)cc2C)cc1. The molecule has 0 bridgehead atoms. The van der Waals surface area contributed by atoms with Crippen LogP contribution in [-0.2, 0) is 0 Å². The Labute approximate surface area is 102 Å². The summed E-state index contributed by atoms with van der Waals surface area (Å²) in [6, 6.07) is 12.9. The van der Waals surface area contributed by atoms with E-state index in [0.29, 0.717) is 0 Å². The minimum absolute atomic E-state index is 0.193. The van der Waals surface area contributed by atoms with E-state index in [9.17, 15) is 4.39 Å². The Hall–Kier alpha value is -1.83. The summed E-state index contributed by atoms with van der Waals surface area (Å²) >= 11 is 0. The van der Waals surface area contributed by atoms with E-state index < -0.39 is 0 Å². The summed E-state index contributed by atoms with van der Waals surface area (Å²) in [4.78, 5) is 0. The number of benzene rings is 2. The first-order valence-corrected chi connectivity index (χ1v) is 5.52. The van der Waals surface area contributed by atoms with Gasteiger partial charge in [0.2, 0.25) is 0 Å². The van der Waals surface area contributed by atoms with Gasteiger partial charge in [0, 0.05) is 0 Å². The molecule has 0 aromatic heterocycles. The Kier molecular flexibility index (Phi) is 3.43. The van der Waals surface area contributed by atoms with Gasteiger partial charge in [-0.25, -0.2) is 4.39 Å². The predicted octanol–water partition coefficient (Wildman–Crippen LogP) is 2.43. The molecule has 2 rings (SSSR count). The summed E-state index contributed by atoms with van der Waals surface area (Å²) in [5.41, 5.74) is 4.18. The van der Waals surface area contributed by atoms with E-state index in [2.05, 4.69) is 6.58 Å². The summed E-state index contributed by atoms with van der Waals surface area (Å²) < 4.78 is 13.0. The van der Waals surface area contributed by atoms with Gasteiger partial charge in [-0.05, 0) is 24.6 Å². The molecule has 0 fully saturated rings. The second kappa shape index (κ2) is 5.00. The van der Waals surface area contributed by atoms with Crippen LogP contribution < -0.4 is 10.9 Å². The molecular formula is C15H13BF. The second-order valence-corrected chi connectivity index (χ2v) is 4.02. The van der Waals surface area contributed by atoms with Crippen molar-refractivity contribution in [1.29, 1.82) is 0 Å². The average Bonchev–Trinajstić information content (AvgIpc) is 2.34. The summed E-state index contributed by atoms with van der Waals surface area (Å²) in [6.45, 7) is 5.63. The largest absolute Gasteiger partial charge is 0.207 e. The van der Waals surface area contributed by atoms with E-state index in [1.54, 1.807) is 12.1 Å². The molecule has 2 heteroatoms. The fourth-order valence-corrected chi connectivity index (χ4v) is 1.71. The fraction of sp³-hybridized carbons (Fsp3) is 0.0667. The molecule has 0 aliphatic heterocycles. The smallest absolute Gasteiger partial charge is 0.191 e. The average molecular weight is 223 g/mol. The lowest BCUT2D eigenvalue weighted by Gasteiger charge is -2.05. The number of hydrogen-bond acceptors (Lipinski definition) is 0. The first-order chi connectivity index (χ1) is 8.19. The molecule has 0 aliphatic rings. The Balaban J connectivity index is 2.22. The summed E-state index contributed by atoms with van der Waals surface area (Å²) in [5, 5.41) is 0. The highest BCUT2D eigenvalue weighted by atomic mass is 19.1. The number of halogens is 1. The highest BCUT2D eigenvalue weighted by Crippen LogP contribution is 2.00. The third-order valence-electron chi connectivity index (χ3n) is 2.73. The third-order valence-corrected chi connectivity index (χ3v) is 2.73. The molecule has 0 spiro atoms. The topological polar surface area (TPSA) is 0 Å². The van der Waals surface area contributed by atoms with Gasteiger partial charge in [-0.15, -0.1) is 0 Å². The molecule has 0 nitrogen and oxygen atoms in total. The maximum Gasteiger partial charge on any atom is 0.191 e. The lowest BCUT2D eigenvalue weighted by molar-refractivity contribution is 0.627. The third kappa shape index (κ3) is 2.85. The highest BCUT2D eigenvalue weighted by Gasteiger charge is 2.03. The van der Waals surface area contributed by atoms with Crippen molar-refractivity contribution in [2.24, 2.45) is 0 Å². The monoisotopic (exact) mass is 223 g/mol. The maximum atomic E-state index is 13.0. The van der Waals surface area contributed by atoms with Crippen LogP contribution >= 0.6 is 0 Å². The van der Waals surface area contributed by atoms with E-state index in [1.807, 2.05) is 44.5 Å². The Morgan fingerprint density at radius 3 is 2.41 bits per heavy atom. The highest BCUT2D eigenvalue weighted by molar-refractivity contribution is 6.67. The zero-order chi connectivity index (χ0) is 12.3. The van der Waals surface area contributed by atoms with E-state index in [-0.39, 0.29) is 5.82 Å². The van der Waals surface area contributed by atoms with Crippen LogP contribution in [0.3, 0.4) is 0 Å². The molecule has 83 valence electrons. The van der Waals surface area contributed by atoms with Crippen molar-refractivity contribution in [3.05, 3.63) is 66.0 Å². The zero-order valence-corrected chi connectivity index (χ0v) is 9.78. The van der Waals surface area contributed by atoms with Gasteiger partial charge in [-0.1, -0.05) is 59.5 Å². The van der Waals surface area contributed by atoms with Gasteiger partial charge in [-0.2, -0.15) is 0 Å². The van der Waals surface area contributed by atoms with Crippen molar-refractivity contribution in [1.82, 2.24) is 0 Å². The Morgan fingerprint density at radius 1 is 1.12 bits per heavy atom. The molecule has 2 aromatic carbocycles. The molecule has 0 atom stereocenters. The standard InChI is InChI=1S/C15H13BF/c1-3-12-4-6-13(7-5-12)16-15-9-8-14(17)10-11(15)2/h3-10H,1H2,2H3. The first kappa shape index (κ1) is 11.7. The predicted molar refractivity (Wildman–Crippen MR) is 72.7 cm³/mol. The van der Waals surface area contributed by atoms with Gasteiger partial charge < -0.3 is 0 Å². The van der Waals surface area contributed by atoms with Gasteiger partial charge in [-0.3, -0.25) is 0 Å². The van der Waals surface area contributed by atoms with Crippen LogP contribution in [0.5, 0.6) is 0 Å². The van der Waals surface area contributed by atoms with E-state index in [4.69, 9.17) is 0 Å². The molecule has 0 N–H and O–H groups in total. The molecule has 0 unspecified atom stereocenters. The Morgan fingerprint density at radius 2 is 1.82 bits per heavy atom. The molecule has 0 saturated heterocycles. The van der Waals surface area contributed by atoms with Crippen LogP contribution in [0.1, 0.15) is 11.1 Å². The van der Waals surface area contributed by atoms with Crippen molar-refractivity contribution in [3.63, 3.8) is 0 Å². The molecule has 0 saturated carbocycles. The van der Waals surface area contributed by atoms with E-state index >= 15 is 0 Å². The van der Waals surface area contributed by atoms with Crippen LogP contribution in [0.15, 0.2) is 49.0 Å². The molecule has 0 heterocycles. The van der Waals surface area contributed by atoms with Gasteiger partial charge in [0.1, 0.15) is 5.82 Å². The number of hydrogen-bond donors (Lipinski definition) is 0. The van der Waals surface area contributed by atoms with Crippen molar-refractivity contribution in [2.45, 2.75) is 6.92 Å². The van der Waals surface area contributed by atoms with Crippen molar-refractivity contribution < 1.29 is 4.39 Å². The second-order valence-electron chi connectivity index (χ2n) is 4.02. The van der Waals surface area contributed by atoms with Gasteiger partial charge in [0.15, 0.2) is 7.28 Å². The molecule has 0 aliphatic carbocycles. The van der Waals surface area contributed by atoms with Gasteiger partial charge in [0.25, 0.3) is 0 Å². The van der Waals surface area contributed by atoms with Crippen molar-refractivity contribution >= 4 is 24.3 Å². The number of aryl methyl sites for hydroxylation is 1. The quantitative estimate of drug-likeness (QED) is 0.701. The minimum Gasteiger partial charge on any atom is -0.207 e. The first-order valence-electron chi connectivity index (χ1n) is 5.52. The lowest BCUT2D eigenvalue weighted by Crippen LogP contribution is -2.28. The summed E-state index contributed by atoms with van der Waals surface area (Å²) in [7, 11) is 2.04. The fourth-order valence-electron chi connectivity index (χ4n) is 1.71. The van der Waals surface area contributed by atoms with Crippen LogP contribution in [0.2, 0.25) is 0 Å². The summed E-state index contributed by atoms with van der Waals surface area (Å²) in [5.74, 6) is -0.193. The van der Waals surface area contributed by atoms with Crippen LogP contribution in [0.25, 0.3) is 6.08 Å². The number of rotatable bonds is 3. The van der Waals surface area contributed by atoms with Crippen molar-refractivity contribution in [3.8, 4) is 0 Å². The van der Waals surface area contributed by atoms with Crippen molar-refractivity contribution in [2.75, 3.05) is 0 Å². The molecule has 1 radical (unpaired) electrons. The van der Waals surface area contributed by atoms with Crippen LogP contribution in [0, 0.1) is 12.7 Å². The molecule has 0 amide bonds. The molecular weight excluding hydrogens is 210 g/mol. The lowest BCUT2D eigenvalue weighted by atomic mass is 9.62.